The highest BCUT2D eigenvalue weighted by Crippen LogP contribution is 2.27. The van der Waals surface area contributed by atoms with Gasteiger partial charge in [0.25, 0.3) is 0 Å². The second kappa shape index (κ2) is 5.38. The Balaban J connectivity index is 2.06. The summed E-state index contributed by atoms with van der Waals surface area (Å²) < 4.78 is 0. The van der Waals surface area contributed by atoms with Crippen LogP contribution >= 0.6 is 0 Å². The monoisotopic (exact) mass is 238 g/mol. The third-order valence-electron chi connectivity index (χ3n) is 4.05. The first-order valence-corrected chi connectivity index (χ1v) is 7.09. The Morgan fingerprint density at radius 3 is 2.65 bits per heavy atom. The summed E-state index contributed by atoms with van der Waals surface area (Å²) in [6.45, 7) is 7.29. The number of hydrogen-bond donors (Lipinski definition) is 1. The first kappa shape index (κ1) is 12.9. The number of carbonyl (C=O) groups excluding carboxylic acids is 1. The van der Waals surface area contributed by atoms with Gasteiger partial charge in [0.05, 0.1) is 0 Å². The molecule has 98 valence electrons. The van der Waals surface area contributed by atoms with Gasteiger partial charge in [0.2, 0.25) is 5.91 Å². The molecular weight excluding hydrogens is 212 g/mol. The summed E-state index contributed by atoms with van der Waals surface area (Å²) in [7, 11) is 0. The van der Waals surface area contributed by atoms with Crippen LogP contribution in [0.2, 0.25) is 0 Å². The van der Waals surface area contributed by atoms with Crippen LogP contribution < -0.4 is 5.32 Å². The molecule has 0 unspecified atom stereocenters. The zero-order valence-corrected chi connectivity index (χ0v) is 11.3. The summed E-state index contributed by atoms with van der Waals surface area (Å²) >= 11 is 0. The van der Waals surface area contributed by atoms with E-state index < -0.39 is 0 Å². The van der Waals surface area contributed by atoms with Gasteiger partial charge in [-0.1, -0.05) is 33.1 Å². The van der Waals surface area contributed by atoms with Gasteiger partial charge in [0, 0.05) is 32.1 Å². The molecule has 0 spiro atoms. The van der Waals surface area contributed by atoms with Crippen LogP contribution in [0, 0.1) is 5.41 Å². The van der Waals surface area contributed by atoms with E-state index in [2.05, 4.69) is 24.1 Å². The highest BCUT2D eigenvalue weighted by molar-refractivity contribution is 5.77. The molecule has 0 atom stereocenters. The number of rotatable bonds is 1. The van der Waals surface area contributed by atoms with Crippen LogP contribution in [0.25, 0.3) is 0 Å². The van der Waals surface area contributed by atoms with Crippen molar-refractivity contribution in [3.63, 3.8) is 0 Å². The Morgan fingerprint density at radius 1 is 1.24 bits per heavy atom. The smallest absolute Gasteiger partial charge is 0.224 e. The van der Waals surface area contributed by atoms with Crippen molar-refractivity contribution in [2.75, 3.05) is 19.6 Å². The number of carbonyl (C=O) groups is 1. The lowest BCUT2D eigenvalue weighted by molar-refractivity contribution is -0.136. The topological polar surface area (TPSA) is 32.3 Å². The molecule has 0 bridgehead atoms. The molecule has 0 aromatic carbocycles. The highest BCUT2D eigenvalue weighted by atomic mass is 16.2. The predicted octanol–water partition coefficient (Wildman–Crippen LogP) is 2.17. The molecule has 17 heavy (non-hydrogen) atoms. The van der Waals surface area contributed by atoms with E-state index >= 15 is 0 Å². The van der Waals surface area contributed by atoms with Gasteiger partial charge in [-0.2, -0.15) is 0 Å². The third kappa shape index (κ3) is 3.44. The van der Waals surface area contributed by atoms with E-state index in [1.54, 1.807) is 0 Å². The molecule has 3 nitrogen and oxygen atoms in total. The Hall–Kier alpha value is -0.570. The Labute approximate surface area is 105 Å². The van der Waals surface area contributed by atoms with E-state index in [4.69, 9.17) is 0 Å². The van der Waals surface area contributed by atoms with Crippen molar-refractivity contribution >= 4 is 5.91 Å². The number of nitrogens with zero attached hydrogens (tertiary/aromatic N) is 1. The van der Waals surface area contributed by atoms with E-state index in [0.29, 0.717) is 18.4 Å². The van der Waals surface area contributed by atoms with Crippen LogP contribution in [0.15, 0.2) is 0 Å². The fourth-order valence-electron chi connectivity index (χ4n) is 3.10. The van der Waals surface area contributed by atoms with Gasteiger partial charge in [0.1, 0.15) is 0 Å². The molecule has 1 heterocycles. The summed E-state index contributed by atoms with van der Waals surface area (Å²) in [5.74, 6) is 0.358. The second-order valence-electron chi connectivity index (χ2n) is 6.40. The molecule has 1 N–H and O–H groups in total. The van der Waals surface area contributed by atoms with Crippen LogP contribution in [0.5, 0.6) is 0 Å². The summed E-state index contributed by atoms with van der Waals surface area (Å²) in [5, 5.41) is 3.38. The molecular formula is C14H26N2O. The standard InChI is InChI=1S/C14H26N2O/c1-14(2)10-15-9-8-13(17)16(11-14)12-6-4-3-5-7-12/h12,15H,3-11H2,1-2H3. The van der Waals surface area contributed by atoms with Crippen molar-refractivity contribution in [1.82, 2.24) is 10.2 Å². The van der Waals surface area contributed by atoms with Crippen molar-refractivity contribution < 1.29 is 4.79 Å². The van der Waals surface area contributed by atoms with E-state index in [-0.39, 0.29) is 5.41 Å². The minimum absolute atomic E-state index is 0.202. The molecule has 1 aliphatic carbocycles. The summed E-state index contributed by atoms with van der Waals surface area (Å²) in [6, 6.07) is 0.522. The molecule has 2 rings (SSSR count). The largest absolute Gasteiger partial charge is 0.339 e. The summed E-state index contributed by atoms with van der Waals surface area (Å²) in [4.78, 5) is 14.4. The molecule has 2 aliphatic rings. The quantitative estimate of drug-likeness (QED) is 0.759. The molecule has 0 aromatic heterocycles. The zero-order valence-electron chi connectivity index (χ0n) is 11.3. The minimum atomic E-state index is 0.202. The Morgan fingerprint density at radius 2 is 1.94 bits per heavy atom. The van der Waals surface area contributed by atoms with E-state index in [1.807, 2.05) is 0 Å². The fraction of sp³-hybridized carbons (Fsp3) is 0.929. The van der Waals surface area contributed by atoms with Crippen LogP contribution in [0.3, 0.4) is 0 Å². The lowest BCUT2D eigenvalue weighted by atomic mass is 9.88. The van der Waals surface area contributed by atoms with Crippen molar-refractivity contribution in [1.29, 1.82) is 0 Å². The van der Waals surface area contributed by atoms with Gasteiger partial charge in [-0.05, 0) is 18.3 Å². The first-order valence-electron chi connectivity index (χ1n) is 7.09. The van der Waals surface area contributed by atoms with Gasteiger partial charge in [-0.15, -0.1) is 0 Å². The zero-order chi connectivity index (χ0) is 12.3. The normalized spacial score (nSPS) is 27.6. The molecule has 3 heteroatoms. The lowest BCUT2D eigenvalue weighted by Gasteiger charge is -2.41. The summed E-state index contributed by atoms with van der Waals surface area (Å²) in [6.07, 6.45) is 7.06. The minimum Gasteiger partial charge on any atom is -0.339 e. The van der Waals surface area contributed by atoms with Gasteiger partial charge >= 0.3 is 0 Å². The second-order valence-corrected chi connectivity index (χ2v) is 6.40. The van der Waals surface area contributed by atoms with Gasteiger partial charge in [0.15, 0.2) is 0 Å². The maximum absolute atomic E-state index is 12.2. The molecule has 0 radical (unpaired) electrons. The summed E-state index contributed by atoms with van der Waals surface area (Å²) in [5.41, 5.74) is 0.202. The lowest BCUT2D eigenvalue weighted by Crippen LogP contribution is -2.51. The van der Waals surface area contributed by atoms with Crippen LogP contribution in [-0.2, 0) is 4.79 Å². The number of hydrogen-bond acceptors (Lipinski definition) is 2. The van der Waals surface area contributed by atoms with Crippen LogP contribution in [0.1, 0.15) is 52.4 Å². The van der Waals surface area contributed by atoms with E-state index in [9.17, 15) is 4.79 Å². The average molecular weight is 238 g/mol. The number of amides is 1. The molecule has 1 aliphatic heterocycles. The predicted molar refractivity (Wildman–Crippen MR) is 69.9 cm³/mol. The molecule has 1 saturated carbocycles. The van der Waals surface area contributed by atoms with Crippen LogP contribution in [0.4, 0.5) is 0 Å². The fourth-order valence-corrected chi connectivity index (χ4v) is 3.10. The molecule has 1 saturated heterocycles. The Bertz CT molecular complexity index is 269. The third-order valence-corrected chi connectivity index (χ3v) is 4.05. The molecule has 0 aromatic rings. The van der Waals surface area contributed by atoms with Crippen LogP contribution in [-0.4, -0.2) is 36.5 Å². The molecule has 2 fully saturated rings. The Kier molecular flexibility index (Phi) is 4.08. The van der Waals surface area contributed by atoms with Crippen molar-refractivity contribution in [3.8, 4) is 0 Å². The molecule has 1 amide bonds. The number of nitrogens with one attached hydrogen (secondary N) is 1. The highest BCUT2D eigenvalue weighted by Gasteiger charge is 2.31. The van der Waals surface area contributed by atoms with Crippen molar-refractivity contribution in [2.24, 2.45) is 5.41 Å². The van der Waals surface area contributed by atoms with Gasteiger partial charge in [-0.25, -0.2) is 0 Å². The van der Waals surface area contributed by atoms with Gasteiger partial charge < -0.3 is 10.2 Å². The first-order chi connectivity index (χ1) is 8.08. The van der Waals surface area contributed by atoms with Crippen molar-refractivity contribution in [3.05, 3.63) is 0 Å². The maximum Gasteiger partial charge on any atom is 0.224 e. The SMILES string of the molecule is CC1(C)CNCCC(=O)N(C2CCCCC2)C1. The van der Waals surface area contributed by atoms with Crippen molar-refractivity contribution in [2.45, 2.75) is 58.4 Å². The maximum atomic E-state index is 12.2. The van der Waals surface area contributed by atoms with Gasteiger partial charge in [-0.3, -0.25) is 4.79 Å². The van der Waals surface area contributed by atoms with E-state index in [0.717, 1.165) is 19.6 Å². The average Bonchev–Trinajstić information content (AvgIpc) is 2.31. The van der Waals surface area contributed by atoms with E-state index in [1.165, 1.54) is 32.1 Å².